The quantitative estimate of drug-likeness (QED) is 0.431. The van der Waals surface area contributed by atoms with Crippen LogP contribution in [0.1, 0.15) is 0 Å². The van der Waals surface area contributed by atoms with Gasteiger partial charge in [0.25, 0.3) is 5.69 Å². The van der Waals surface area contributed by atoms with Crippen molar-refractivity contribution in [2.24, 2.45) is 5.73 Å². The highest BCUT2D eigenvalue weighted by Gasteiger charge is 2.34. The average Bonchev–Trinajstić information content (AvgIpc) is 2.43. The zero-order valence-electron chi connectivity index (χ0n) is 9.96. The zero-order chi connectivity index (χ0) is 16.2. The number of nitrogens with two attached hydrogens (primary N) is 1. The van der Waals surface area contributed by atoms with Crippen molar-refractivity contribution in [2.75, 3.05) is 6.54 Å². The molecule has 0 aromatic heterocycles. The number of hydrogen-bond donors (Lipinski definition) is 1. The third-order valence-electron chi connectivity index (χ3n) is 2.02. The predicted octanol–water partition coefficient (Wildman–Crippen LogP) is 0.207. The van der Waals surface area contributed by atoms with Gasteiger partial charge in [0.15, 0.2) is 0 Å². The van der Waals surface area contributed by atoms with Crippen LogP contribution in [0, 0.1) is 30.3 Å². The van der Waals surface area contributed by atoms with E-state index in [9.17, 15) is 35.1 Å². The van der Waals surface area contributed by atoms with Gasteiger partial charge in [-0.05, 0) is 0 Å². The van der Waals surface area contributed by atoms with Gasteiger partial charge in [0.1, 0.15) is 0 Å². The second-order valence-corrected chi connectivity index (χ2v) is 3.33. The number of benzene rings is 1. The van der Waals surface area contributed by atoms with Gasteiger partial charge in [0.2, 0.25) is 0 Å². The number of carbonyl (C=O) groups is 1. The van der Waals surface area contributed by atoms with E-state index in [0.29, 0.717) is 12.1 Å². The van der Waals surface area contributed by atoms with Crippen LogP contribution in [0.15, 0.2) is 12.1 Å². The van der Waals surface area contributed by atoms with Crippen LogP contribution in [0.4, 0.5) is 17.1 Å². The van der Waals surface area contributed by atoms with E-state index in [1.807, 2.05) is 0 Å². The van der Waals surface area contributed by atoms with Crippen molar-refractivity contribution in [1.29, 1.82) is 0 Å². The molecule has 1 rings (SSSR count). The van der Waals surface area contributed by atoms with Gasteiger partial charge in [-0.15, -0.1) is 0 Å². The van der Waals surface area contributed by atoms with Gasteiger partial charge < -0.3 is 5.73 Å². The lowest BCUT2D eigenvalue weighted by Gasteiger charge is -2.04. The minimum atomic E-state index is -1.16. The number of carbonyl (C=O) groups excluding carboxylic acids is 1. The molecular formula is C8H6N4O9. The number of non-ortho nitro benzene ring substituents is 1. The maximum Gasteiger partial charge on any atom is 0.368 e. The van der Waals surface area contributed by atoms with Gasteiger partial charge in [-0.25, -0.2) is 9.68 Å². The number of nitro benzene ring substituents is 3. The minimum Gasteiger partial charge on any atom is -0.321 e. The second-order valence-electron chi connectivity index (χ2n) is 3.33. The molecule has 0 amide bonds. The zero-order valence-corrected chi connectivity index (χ0v) is 9.96. The van der Waals surface area contributed by atoms with Gasteiger partial charge in [-0.3, -0.25) is 35.2 Å². The maximum atomic E-state index is 10.8. The van der Waals surface area contributed by atoms with Crippen LogP contribution in [-0.4, -0.2) is 27.3 Å². The summed E-state index contributed by atoms with van der Waals surface area (Å²) in [6.45, 7) is -0.644. The molecule has 1 aromatic carbocycles. The molecule has 0 unspecified atom stereocenters. The first kappa shape index (κ1) is 15.7. The molecule has 21 heavy (non-hydrogen) atoms. The molecule has 0 spiro atoms. The van der Waals surface area contributed by atoms with Crippen LogP contribution in [0.5, 0.6) is 5.75 Å². The van der Waals surface area contributed by atoms with Crippen LogP contribution in [-0.2, 0) is 9.68 Å². The molecule has 112 valence electrons. The summed E-state index contributed by atoms with van der Waals surface area (Å²) in [5, 5.41) is 32.2. The molecular weight excluding hydrogens is 296 g/mol. The molecule has 0 aliphatic rings. The standard InChI is InChI=1S/C8H6N4O9/c9-3-7(13)20-21-8-5(11(16)17)1-4(10(14)15)2-6(8)12(18)19/h1-2H,3,9H2. The number of rotatable bonds is 6. The lowest BCUT2D eigenvalue weighted by atomic mass is 10.2. The third-order valence-corrected chi connectivity index (χ3v) is 2.02. The number of hydrogen-bond acceptors (Lipinski definition) is 10. The Bertz CT molecular complexity index is 593. The normalized spacial score (nSPS) is 9.76. The Kier molecular flexibility index (Phi) is 4.64. The minimum absolute atomic E-state index is 0.429. The molecule has 0 aliphatic carbocycles. The van der Waals surface area contributed by atoms with Crippen LogP contribution in [0.3, 0.4) is 0 Å². The summed E-state index contributed by atoms with van der Waals surface area (Å²) >= 11 is 0. The SMILES string of the molecule is NCC(=O)OOc1c([N+](=O)[O-])cc([N+](=O)[O-])cc1[N+](=O)[O-]. The van der Waals surface area contributed by atoms with E-state index < -0.39 is 50.1 Å². The highest BCUT2D eigenvalue weighted by atomic mass is 17.2. The van der Waals surface area contributed by atoms with Crippen molar-refractivity contribution >= 4 is 23.0 Å². The molecule has 0 aliphatic heterocycles. The lowest BCUT2D eigenvalue weighted by Crippen LogP contribution is -2.19. The Balaban J connectivity index is 3.42. The van der Waals surface area contributed by atoms with Crippen LogP contribution in [0.2, 0.25) is 0 Å². The third kappa shape index (κ3) is 3.57. The molecule has 0 saturated carbocycles. The number of nitrogens with zero attached hydrogens (tertiary/aromatic N) is 3. The summed E-state index contributed by atoms with van der Waals surface area (Å²) in [6, 6.07) is 0.858. The number of nitro groups is 3. The summed E-state index contributed by atoms with van der Waals surface area (Å²) in [6.07, 6.45) is 0. The molecule has 0 radical (unpaired) electrons. The van der Waals surface area contributed by atoms with Crippen molar-refractivity contribution in [2.45, 2.75) is 0 Å². The molecule has 0 atom stereocenters. The summed E-state index contributed by atoms with van der Waals surface area (Å²) in [7, 11) is 0. The molecule has 13 nitrogen and oxygen atoms in total. The molecule has 0 bridgehead atoms. The summed E-state index contributed by atoms with van der Waals surface area (Å²) in [5.74, 6) is -2.21. The van der Waals surface area contributed by atoms with Crippen LogP contribution in [0.25, 0.3) is 0 Å². The Hall–Kier alpha value is -3.35. The summed E-state index contributed by atoms with van der Waals surface area (Å²) in [4.78, 5) is 47.9. The Morgan fingerprint density at radius 3 is 1.86 bits per heavy atom. The lowest BCUT2D eigenvalue weighted by molar-refractivity contribution is -0.407. The van der Waals surface area contributed by atoms with E-state index in [4.69, 9.17) is 5.73 Å². The van der Waals surface area contributed by atoms with E-state index in [1.54, 1.807) is 0 Å². The molecule has 0 fully saturated rings. The van der Waals surface area contributed by atoms with Crippen molar-refractivity contribution in [3.05, 3.63) is 42.5 Å². The van der Waals surface area contributed by atoms with Crippen molar-refractivity contribution in [3.8, 4) is 5.75 Å². The largest absolute Gasteiger partial charge is 0.368 e. The van der Waals surface area contributed by atoms with E-state index in [-0.39, 0.29) is 0 Å². The second kappa shape index (κ2) is 6.20. The van der Waals surface area contributed by atoms with Gasteiger partial charge in [-0.1, -0.05) is 0 Å². The predicted molar refractivity (Wildman–Crippen MR) is 62.2 cm³/mol. The smallest absolute Gasteiger partial charge is 0.321 e. The Labute approximate surface area is 114 Å². The van der Waals surface area contributed by atoms with Crippen LogP contribution < -0.4 is 10.6 Å². The van der Waals surface area contributed by atoms with Gasteiger partial charge in [0.05, 0.1) is 33.4 Å². The average molecular weight is 302 g/mol. The topological polar surface area (TPSA) is 191 Å². The Morgan fingerprint density at radius 2 is 1.52 bits per heavy atom. The van der Waals surface area contributed by atoms with Gasteiger partial charge >= 0.3 is 23.1 Å². The fourth-order valence-corrected chi connectivity index (χ4v) is 1.17. The first-order chi connectivity index (χ1) is 9.77. The van der Waals surface area contributed by atoms with Crippen molar-refractivity contribution in [3.63, 3.8) is 0 Å². The molecule has 13 heteroatoms. The highest BCUT2D eigenvalue weighted by Crippen LogP contribution is 2.40. The molecule has 1 aromatic rings. The monoisotopic (exact) mass is 302 g/mol. The van der Waals surface area contributed by atoms with Crippen molar-refractivity contribution < 1.29 is 29.3 Å². The summed E-state index contributed by atoms with van der Waals surface area (Å²) in [5.41, 5.74) is 1.77. The van der Waals surface area contributed by atoms with Gasteiger partial charge in [-0.2, -0.15) is 0 Å². The van der Waals surface area contributed by atoms with E-state index in [1.165, 1.54) is 0 Å². The first-order valence-corrected chi connectivity index (χ1v) is 4.96. The highest BCUT2D eigenvalue weighted by molar-refractivity contribution is 5.71. The fraction of sp³-hybridized carbons (Fsp3) is 0.125. The van der Waals surface area contributed by atoms with E-state index in [0.717, 1.165) is 0 Å². The Morgan fingerprint density at radius 1 is 1.05 bits per heavy atom. The van der Waals surface area contributed by atoms with Crippen LogP contribution >= 0.6 is 0 Å². The maximum absolute atomic E-state index is 10.8. The van der Waals surface area contributed by atoms with Gasteiger partial charge in [0, 0.05) is 0 Å². The fourth-order valence-electron chi connectivity index (χ4n) is 1.17. The van der Waals surface area contributed by atoms with E-state index in [2.05, 4.69) is 9.78 Å². The summed E-state index contributed by atoms with van der Waals surface area (Å²) < 4.78 is 0. The van der Waals surface area contributed by atoms with E-state index >= 15 is 0 Å². The molecule has 2 N–H and O–H groups in total. The molecule has 0 saturated heterocycles. The molecule has 0 heterocycles. The van der Waals surface area contributed by atoms with Crippen molar-refractivity contribution in [1.82, 2.24) is 0 Å². The first-order valence-electron chi connectivity index (χ1n) is 4.96.